The van der Waals surface area contributed by atoms with E-state index in [1.54, 1.807) is 45.2 Å². The molecule has 23 heavy (non-hydrogen) atoms. The molecule has 0 bridgehead atoms. The molecule has 1 aliphatic rings. The molecule has 0 saturated carbocycles. The van der Waals surface area contributed by atoms with Crippen molar-refractivity contribution < 1.29 is 17.7 Å². The summed E-state index contributed by atoms with van der Waals surface area (Å²) in [5.74, 6) is 0.385. The average molecular weight is 334 g/mol. The van der Waals surface area contributed by atoms with Gasteiger partial charge in [-0.3, -0.25) is 4.79 Å². The summed E-state index contributed by atoms with van der Waals surface area (Å²) in [5, 5.41) is 3.84. The Morgan fingerprint density at radius 1 is 1.35 bits per heavy atom. The molecule has 0 saturated heterocycles. The second-order valence-corrected chi connectivity index (χ2v) is 7.82. The zero-order valence-corrected chi connectivity index (χ0v) is 14.1. The van der Waals surface area contributed by atoms with E-state index in [0.717, 1.165) is 5.56 Å². The highest BCUT2D eigenvalue weighted by Crippen LogP contribution is 2.36. The maximum atomic E-state index is 12.6. The number of fused-ring (bicyclic) bond motifs is 1. The van der Waals surface area contributed by atoms with E-state index in [1.807, 2.05) is 0 Å². The van der Waals surface area contributed by atoms with Gasteiger partial charge in [0.2, 0.25) is 5.91 Å². The minimum atomic E-state index is -3.34. The topological polar surface area (TPSA) is 80.5 Å². The normalized spacial score (nSPS) is 18.7. The molecule has 7 heteroatoms. The molecule has 1 aliphatic heterocycles. The molecular weight excluding hydrogens is 316 g/mol. The molecule has 2 aromatic rings. The predicted octanol–water partition coefficient (Wildman–Crippen LogP) is 1.82. The maximum Gasteiger partial charge on any atom is 0.227 e. The van der Waals surface area contributed by atoms with Crippen molar-refractivity contribution in [1.29, 1.82) is 0 Å². The highest BCUT2D eigenvalue weighted by molar-refractivity contribution is 7.91. The van der Waals surface area contributed by atoms with E-state index < -0.39 is 15.9 Å². The number of amides is 1. The number of hydrogen-bond acceptors (Lipinski definition) is 5. The van der Waals surface area contributed by atoms with Gasteiger partial charge < -0.3 is 9.42 Å². The van der Waals surface area contributed by atoms with Crippen LogP contribution in [-0.2, 0) is 21.1 Å². The first kappa shape index (κ1) is 15.7. The molecule has 122 valence electrons. The Morgan fingerprint density at radius 2 is 2.04 bits per heavy atom. The molecule has 1 aromatic carbocycles. The number of sulfone groups is 1. The smallest absolute Gasteiger partial charge is 0.227 e. The van der Waals surface area contributed by atoms with Gasteiger partial charge in [-0.15, -0.1) is 0 Å². The monoisotopic (exact) mass is 334 g/mol. The van der Waals surface area contributed by atoms with Crippen LogP contribution in [0.25, 0.3) is 0 Å². The van der Waals surface area contributed by atoms with Crippen LogP contribution in [0, 0.1) is 13.8 Å². The molecule has 0 fully saturated rings. The molecule has 1 unspecified atom stereocenters. The van der Waals surface area contributed by atoms with Gasteiger partial charge in [0.25, 0.3) is 0 Å². The Morgan fingerprint density at radius 3 is 2.70 bits per heavy atom. The number of likely N-dealkylation sites (N-methyl/N-ethyl adjacent to an activating group) is 1. The number of aromatic nitrogens is 1. The molecule has 0 radical (unpaired) electrons. The Bertz CT molecular complexity index is 850. The first-order chi connectivity index (χ1) is 10.8. The van der Waals surface area contributed by atoms with Gasteiger partial charge in [-0.1, -0.05) is 23.4 Å². The molecule has 3 rings (SSSR count). The van der Waals surface area contributed by atoms with E-state index in [2.05, 4.69) is 5.16 Å². The van der Waals surface area contributed by atoms with Gasteiger partial charge >= 0.3 is 0 Å². The summed E-state index contributed by atoms with van der Waals surface area (Å²) in [7, 11) is -1.69. The van der Waals surface area contributed by atoms with Crippen molar-refractivity contribution >= 4 is 15.7 Å². The van der Waals surface area contributed by atoms with Crippen LogP contribution in [-0.4, -0.2) is 37.2 Å². The SMILES string of the molecule is Cc1noc(C)c1CC(=O)N(C)C1CS(=O)(=O)c2ccccc21. The number of carbonyl (C=O) groups is 1. The molecule has 0 spiro atoms. The van der Waals surface area contributed by atoms with Crippen LogP contribution in [0.4, 0.5) is 0 Å². The van der Waals surface area contributed by atoms with E-state index in [9.17, 15) is 13.2 Å². The number of aryl methyl sites for hydroxylation is 2. The van der Waals surface area contributed by atoms with Gasteiger partial charge in [0, 0.05) is 12.6 Å². The van der Waals surface area contributed by atoms with Crippen molar-refractivity contribution in [2.75, 3.05) is 12.8 Å². The quantitative estimate of drug-likeness (QED) is 0.855. The minimum Gasteiger partial charge on any atom is -0.361 e. The zero-order valence-electron chi connectivity index (χ0n) is 13.2. The summed E-state index contributed by atoms with van der Waals surface area (Å²) < 4.78 is 29.6. The lowest BCUT2D eigenvalue weighted by molar-refractivity contribution is -0.131. The first-order valence-electron chi connectivity index (χ1n) is 7.30. The fourth-order valence-electron chi connectivity index (χ4n) is 2.95. The number of carbonyl (C=O) groups excluding carboxylic acids is 1. The maximum absolute atomic E-state index is 12.6. The minimum absolute atomic E-state index is 0.0732. The average Bonchev–Trinajstić information content (AvgIpc) is 2.98. The van der Waals surface area contributed by atoms with Crippen molar-refractivity contribution in [3.63, 3.8) is 0 Å². The fraction of sp³-hybridized carbons (Fsp3) is 0.375. The number of rotatable bonds is 3. The van der Waals surface area contributed by atoms with Crippen LogP contribution >= 0.6 is 0 Å². The van der Waals surface area contributed by atoms with Crippen LogP contribution in [0.5, 0.6) is 0 Å². The lowest BCUT2D eigenvalue weighted by atomic mass is 10.1. The van der Waals surface area contributed by atoms with E-state index in [-0.39, 0.29) is 18.1 Å². The third-order valence-corrected chi connectivity index (χ3v) is 6.16. The second kappa shape index (κ2) is 5.49. The highest BCUT2D eigenvalue weighted by atomic mass is 32.2. The Hall–Kier alpha value is -2.15. The Kier molecular flexibility index (Phi) is 3.75. The van der Waals surface area contributed by atoms with Crippen LogP contribution in [0.2, 0.25) is 0 Å². The van der Waals surface area contributed by atoms with Gasteiger partial charge in [-0.2, -0.15) is 0 Å². The standard InChI is InChI=1S/C16H18N2O4S/c1-10-13(11(2)22-17-10)8-16(19)18(3)14-9-23(20,21)15-7-5-4-6-12(14)15/h4-7,14H,8-9H2,1-3H3. The van der Waals surface area contributed by atoms with Gasteiger partial charge in [-0.25, -0.2) is 8.42 Å². The molecular formula is C16H18N2O4S. The number of benzene rings is 1. The Balaban J connectivity index is 1.87. The van der Waals surface area contributed by atoms with E-state index in [4.69, 9.17) is 4.52 Å². The van der Waals surface area contributed by atoms with Crippen molar-refractivity contribution in [1.82, 2.24) is 10.1 Å². The molecule has 0 N–H and O–H groups in total. The lowest BCUT2D eigenvalue weighted by Gasteiger charge is -2.24. The van der Waals surface area contributed by atoms with E-state index in [0.29, 0.717) is 21.9 Å². The number of hydrogen-bond donors (Lipinski definition) is 0. The van der Waals surface area contributed by atoms with E-state index >= 15 is 0 Å². The highest BCUT2D eigenvalue weighted by Gasteiger charge is 2.38. The van der Waals surface area contributed by atoms with Crippen LogP contribution in [0.15, 0.2) is 33.7 Å². The second-order valence-electron chi connectivity index (χ2n) is 5.82. The molecule has 1 aromatic heterocycles. The summed E-state index contributed by atoms with van der Waals surface area (Å²) in [6.07, 6.45) is 0.149. The van der Waals surface area contributed by atoms with Gasteiger partial charge in [-0.05, 0) is 25.5 Å². The first-order valence-corrected chi connectivity index (χ1v) is 8.95. The fourth-order valence-corrected chi connectivity index (χ4v) is 4.80. The van der Waals surface area contributed by atoms with Crippen LogP contribution in [0.1, 0.15) is 28.6 Å². The summed E-state index contributed by atoms with van der Waals surface area (Å²) in [6, 6.07) is 6.40. The lowest BCUT2D eigenvalue weighted by Crippen LogP contribution is -2.33. The van der Waals surface area contributed by atoms with Crippen LogP contribution in [0.3, 0.4) is 0 Å². The number of nitrogens with zero attached hydrogens (tertiary/aromatic N) is 2. The molecule has 1 atom stereocenters. The van der Waals surface area contributed by atoms with Crippen molar-refractivity contribution in [2.45, 2.75) is 31.2 Å². The molecule has 1 amide bonds. The largest absolute Gasteiger partial charge is 0.361 e. The van der Waals surface area contributed by atoms with Crippen molar-refractivity contribution in [3.05, 3.63) is 46.8 Å². The van der Waals surface area contributed by atoms with Crippen molar-refractivity contribution in [3.8, 4) is 0 Å². The molecule has 0 aliphatic carbocycles. The Labute approximate surface area is 135 Å². The van der Waals surface area contributed by atoms with Crippen LogP contribution < -0.4 is 0 Å². The van der Waals surface area contributed by atoms with Gasteiger partial charge in [0.05, 0.1) is 28.8 Å². The van der Waals surface area contributed by atoms with Gasteiger partial charge in [0.1, 0.15) is 5.76 Å². The predicted molar refractivity (Wildman–Crippen MR) is 83.7 cm³/mol. The molecule has 6 nitrogen and oxygen atoms in total. The summed E-state index contributed by atoms with van der Waals surface area (Å²) in [4.78, 5) is 14.4. The summed E-state index contributed by atoms with van der Waals surface area (Å²) >= 11 is 0. The summed E-state index contributed by atoms with van der Waals surface area (Å²) in [6.45, 7) is 3.55. The van der Waals surface area contributed by atoms with Crippen molar-refractivity contribution in [2.24, 2.45) is 0 Å². The molecule has 2 heterocycles. The van der Waals surface area contributed by atoms with E-state index in [1.165, 1.54) is 4.90 Å². The third-order valence-electron chi connectivity index (χ3n) is 4.36. The summed E-state index contributed by atoms with van der Waals surface area (Å²) in [5.41, 5.74) is 2.13. The van der Waals surface area contributed by atoms with Gasteiger partial charge in [0.15, 0.2) is 9.84 Å². The third kappa shape index (κ3) is 2.65. The zero-order chi connectivity index (χ0) is 16.8.